The number of nitrogens with zero attached hydrogens (tertiary/aromatic N) is 1. The highest BCUT2D eigenvalue weighted by molar-refractivity contribution is 7.17. The molecule has 0 fully saturated rings. The Bertz CT molecular complexity index is 1070. The van der Waals surface area contributed by atoms with Gasteiger partial charge < -0.3 is 10.6 Å². The standard InChI is InChI=1S/C21H19N3O3S/c25-17-7-3-6-16-19(17)28-21(23-16)24-18(26)10-11-22-20(27)15-9-8-13-4-1-2-5-14(13)12-15/h1-2,4-5,8-9,12H,3,6-7,10-11H2,(H,22,27)(H,23,24,26). The molecule has 0 aliphatic heterocycles. The molecule has 0 atom stereocenters. The van der Waals surface area contributed by atoms with E-state index >= 15 is 0 Å². The first kappa shape index (κ1) is 18.3. The zero-order valence-electron chi connectivity index (χ0n) is 15.2. The average molecular weight is 393 g/mol. The first-order chi connectivity index (χ1) is 13.6. The number of thiazole rings is 1. The normalized spacial score (nSPS) is 13.2. The summed E-state index contributed by atoms with van der Waals surface area (Å²) in [5.41, 5.74) is 1.34. The van der Waals surface area contributed by atoms with Gasteiger partial charge in [0.15, 0.2) is 10.9 Å². The lowest BCUT2D eigenvalue weighted by atomic mass is 10.0. The van der Waals surface area contributed by atoms with Crippen molar-refractivity contribution in [3.8, 4) is 0 Å². The Labute approximate surface area is 166 Å². The summed E-state index contributed by atoms with van der Waals surface area (Å²) in [6.07, 6.45) is 2.26. The molecule has 0 unspecified atom stereocenters. The minimum Gasteiger partial charge on any atom is -0.352 e. The molecule has 1 aliphatic carbocycles. The lowest BCUT2D eigenvalue weighted by Crippen LogP contribution is -2.27. The molecule has 6 nitrogen and oxygen atoms in total. The van der Waals surface area contributed by atoms with Crippen LogP contribution in [0.5, 0.6) is 0 Å². The SMILES string of the molecule is O=C(CCNC(=O)c1ccc2ccccc2c1)Nc1nc2c(s1)C(=O)CCC2. The second-order valence-electron chi connectivity index (χ2n) is 6.69. The molecule has 142 valence electrons. The van der Waals surface area contributed by atoms with Gasteiger partial charge in [-0.2, -0.15) is 0 Å². The van der Waals surface area contributed by atoms with Crippen molar-refractivity contribution in [3.63, 3.8) is 0 Å². The quantitative estimate of drug-likeness (QED) is 0.694. The summed E-state index contributed by atoms with van der Waals surface area (Å²) >= 11 is 1.23. The highest BCUT2D eigenvalue weighted by Gasteiger charge is 2.22. The van der Waals surface area contributed by atoms with Gasteiger partial charge >= 0.3 is 0 Å². The van der Waals surface area contributed by atoms with Crippen molar-refractivity contribution in [1.29, 1.82) is 0 Å². The summed E-state index contributed by atoms with van der Waals surface area (Å²) in [7, 11) is 0. The van der Waals surface area contributed by atoms with E-state index in [1.807, 2.05) is 36.4 Å². The van der Waals surface area contributed by atoms with Crippen molar-refractivity contribution < 1.29 is 14.4 Å². The highest BCUT2D eigenvalue weighted by atomic mass is 32.1. The number of carbonyl (C=O) groups is 3. The van der Waals surface area contributed by atoms with Crippen LogP contribution in [0.15, 0.2) is 42.5 Å². The largest absolute Gasteiger partial charge is 0.352 e. The van der Waals surface area contributed by atoms with E-state index in [0.29, 0.717) is 22.0 Å². The van der Waals surface area contributed by atoms with Gasteiger partial charge in [-0.15, -0.1) is 0 Å². The average Bonchev–Trinajstić information content (AvgIpc) is 3.11. The molecule has 4 rings (SSSR count). The molecule has 2 aromatic carbocycles. The summed E-state index contributed by atoms with van der Waals surface area (Å²) in [6.45, 7) is 0.224. The fraction of sp³-hybridized carbons (Fsp3) is 0.238. The lowest BCUT2D eigenvalue weighted by Gasteiger charge is -2.06. The summed E-state index contributed by atoms with van der Waals surface area (Å²) in [4.78, 5) is 41.3. The van der Waals surface area contributed by atoms with Crippen LogP contribution in [0.25, 0.3) is 10.8 Å². The van der Waals surface area contributed by atoms with Crippen molar-refractivity contribution in [3.05, 3.63) is 58.6 Å². The molecule has 28 heavy (non-hydrogen) atoms. The van der Waals surface area contributed by atoms with Crippen LogP contribution in [-0.4, -0.2) is 29.1 Å². The first-order valence-corrected chi connectivity index (χ1v) is 10.0. The molecular formula is C21H19N3O3S. The molecule has 0 saturated carbocycles. The fourth-order valence-electron chi connectivity index (χ4n) is 3.23. The van der Waals surface area contributed by atoms with E-state index in [1.54, 1.807) is 6.07 Å². The third-order valence-corrected chi connectivity index (χ3v) is 5.72. The number of Topliss-reactive ketones (excluding diaryl/α,β-unsaturated/α-hetero) is 1. The zero-order valence-corrected chi connectivity index (χ0v) is 16.0. The number of benzene rings is 2. The molecule has 1 aliphatic rings. The maximum absolute atomic E-state index is 12.3. The number of nitrogens with one attached hydrogen (secondary N) is 2. The third kappa shape index (κ3) is 3.94. The van der Waals surface area contributed by atoms with E-state index in [9.17, 15) is 14.4 Å². The molecule has 1 aromatic heterocycles. The van der Waals surface area contributed by atoms with E-state index in [4.69, 9.17) is 0 Å². The number of ketones is 1. The molecule has 2 amide bonds. The van der Waals surface area contributed by atoms with E-state index in [-0.39, 0.29) is 30.6 Å². The predicted octanol–water partition coefficient (Wildman–Crippen LogP) is 3.57. The Morgan fingerprint density at radius 1 is 1.07 bits per heavy atom. The van der Waals surface area contributed by atoms with Gasteiger partial charge in [0, 0.05) is 24.9 Å². The number of hydrogen-bond acceptors (Lipinski definition) is 5. The molecule has 0 radical (unpaired) electrons. The Balaban J connectivity index is 1.30. The molecule has 0 spiro atoms. The molecule has 2 N–H and O–H groups in total. The minimum absolute atomic E-state index is 0.0990. The topological polar surface area (TPSA) is 88.2 Å². The number of aromatic nitrogens is 1. The molecule has 0 bridgehead atoms. The van der Waals surface area contributed by atoms with E-state index in [1.165, 1.54) is 11.3 Å². The maximum atomic E-state index is 12.3. The number of amides is 2. The van der Waals surface area contributed by atoms with Gasteiger partial charge in [0.1, 0.15) is 0 Å². The molecule has 0 saturated heterocycles. The van der Waals surface area contributed by atoms with Crippen molar-refractivity contribution in [2.45, 2.75) is 25.7 Å². The van der Waals surface area contributed by atoms with Crippen LogP contribution >= 0.6 is 11.3 Å². The van der Waals surface area contributed by atoms with Crippen LogP contribution < -0.4 is 10.6 Å². The first-order valence-electron chi connectivity index (χ1n) is 9.20. The predicted molar refractivity (Wildman–Crippen MR) is 109 cm³/mol. The number of aryl methyl sites for hydroxylation is 1. The Morgan fingerprint density at radius 3 is 2.71 bits per heavy atom. The smallest absolute Gasteiger partial charge is 0.251 e. The summed E-state index contributed by atoms with van der Waals surface area (Å²) in [5, 5.41) is 8.01. The summed E-state index contributed by atoms with van der Waals surface area (Å²) < 4.78 is 0. The van der Waals surface area contributed by atoms with E-state index < -0.39 is 0 Å². The summed E-state index contributed by atoms with van der Waals surface area (Å²) in [5.74, 6) is -0.354. The van der Waals surface area contributed by atoms with E-state index in [0.717, 1.165) is 29.3 Å². The van der Waals surface area contributed by atoms with Gasteiger partial charge in [-0.1, -0.05) is 41.7 Å². The molecule has 1 heterocycles. The molecule has 3 aromatic rings. The van der Waals surface area contributed by atoms with Crippen molar-refractivity contribution in [2.24, 2.45) is 0 Å². The Kier molecular flexibility index (Phi) is 5.16. The van der Waals surface area contributed by atoms with Gasteiger partial charge in [0.05, 0.1) is 10.6 Å². The van der Waals surface area contributed by atoms with Crippen molar-refractivity contribution in [1.82, 2.24) is 10.3 Å². The van der Waals surface area contributed by atoms with Crippen LogP contribution in [0.3, 0.4) is 0 Å². The van der Waals surface area contributed by atoms with Crippen molar-refractivity contribution in [2.75, 3.05) is 11.9 Å². The molecular weight excluding hydrogens is 374 g/mol. The molecule has 7 heteroatoms. The third-order valence-electron chi connectivity index (χ3n) is 4.66. The van der Waals surface area contributed by atoms with Crippen LogP contribution in [0.1, 0.15) is 45.0 Å². The van der Waals surface area contributed by atoms with Crippen LogP contribution in [0, 0.1) is 0 Å². The highest BCUT2D eigenvalue weighted by Crippen LogP contribution is 2.29. The minimum atomic E-state index is -0.239. The van der Waals surface area contributed by atoms with Gasteiger partial charge in [-0.3, -0.25) is 14.4 Å². The zero-order chi connectivity index (χ0) is 19.5. The fourth-order valence-corrected chi connectivity index (χ4v) is 4.22. The number of hydrogen-bond donors (Lipinski definition) is 2. The number of carbonyl (C=O) groups excluding carboxylic acids is 3. The van der Waals surface area contributed by atoms with Crippen LogP contribution in [0.2, 0.25) is 0 Å². The second-order valence-corrected chi connectivity index (χ2v) is 7.69. The van der Waals surface area contributed by atoms with Gasteiger partial charge in [-0.25, -0.2) is 4.98 Å². The van der Waals surface area contributed by atoms with Gasteiger partial charge in [-0.05, 0) is 35.7 Å². The Morgan fingerprint density at radius 2 is 1.89 bits per heavy atom. The van der Waals surface area contributed by atoms with Gasteiger partial charge in [0.25, 0.3) is 5.91 Å². The van der Waals surface area contributed by atoms with Crippen LogP contribution in [-0.2, 0) is 11.2 Å². The van der Waals surface area contributed by atoms with Crippen LogP contribution in [0.4, 0.5) is 5.13 Å². The second kappa shape index (κ2) is 7.90. The number of anilines is 1. The lowest BCUT2D eigenvalue weighted by molar-refractivity contribution is -0.116. The number of fused-ring (bicyclic) bond motifs is 2. The van der Waals surface area contributed by atoms with Crippen molar-refractivity contribution >= 4 is 44.8 Å². The Hall–Kier alpha value is -3.06. The number of rotatable bonds is 5. The van der Waals surface area contributed by atoms with Gasteiger partial charge in [0.2, 0.25) is 5.91 Å². The monoisotopic (exact) mass is 393 g/mol. The maximum Gasteiger partial charge on any atom is 0.251 e. The van der Waals surface area contributed by atoms with E-state index in [2.05, 4.69) is 15.6 Å². The summed E-state index contributed by atoms with van der Waals surface area (Å²) in [6, 6.07) is 13.3.